The summed E-state index contributed by atoms with van der Waals surface area (Å²) in [6, 6.07) is 10.1. The molecule has 2 atom stereocenters. The molecule has 5 heteroatoms. The molecule has 2 aliphatic rings. The van der Waals surface area contributed by atoms with Crippen molar-refractivity contribution in [3.63, 3.8) is 0 Å². The third-order valence-corrected chi connectivity index (χ3v) is 5.60. The molecule has 0 radical (unpaired) electrons. The van der Waals surface area contributed by atoms with Gasteiger partial charge in [-0.3, -0.25) is 9.59 Å². The number of carbonyl (C=O) groups excluding carboxylic acids is 2. The second-order valence-electron chi connectivity index (χ2n) is 7.45. The highest BCUT2D eigenvalue weighted by molar-refractivity contribution is 5.80. The fourth-order valence-electron chi connectivity index (χ4n) is 4.09. The molecule has 0 aromatic heterocycles. The van der Waals surface area contributed by atoms with E-state index in [2.05, 4.69) is 18.2 Å². The fraction of sp³-hybridized carbons (Fsp3) is 0.524. The van der Waals surface area contributed by atoms with E-state index in [1.54, 1.807) is 0 Å². The Kier molecular flexibility index (Phi) is 5.47. The Hall–Kier alpha value is -2.14. The van der Waals surface area contributed by atoms with E-state index in [9.17, 15) is 9.59 Å². The normalized spacial score (nSPS) is 25.7. The lowest BCUT2D eigenvalue weighted by Gasteiger charge is -2.54. The van der Waals surface area contributed by atoms with Crippen LogP contribution in [-0.2, 0) is 19.9 Å². The van der Waals surface area contributed by atoms with Gasteiger partial charge in [-0.05, 0) is 32.3 Å². The lowest BCUT2D eigenvalue weighted by molar-refractivity contribution is -0.184. The number of amides is 2. The summed E-state index contributed by atoms with van der Waals surface area (Å²) in [6.45, 7) is 5.33. The summed E-state index contributed by atoms with van der Waals surface area (Å²) in [5.41, 5.74) is 1.82. The van der Waals surface area contributed by atoms with E-state index in [-0.39, 0.29) is 24.5 Å². The minimum atomic E-state index is -0.493. The number of hydrogen-bond acceptors (Lipinski definition) is 3. The minimum absolute atomic E-state index is 0.00608. The Bertz CT molecular complexity index is 696. The molecule has 0 N–H and O–H groups in total. The van der Waals surface area contributed by atoms with Crippen molar-refractivity contribution in [3.05, 3.63) is 47.5 Å². The summed E-state index contributed by atoms with van der Waals surface area (Å²) in [5, 5.41) is 0. The van der Waals surface area contributed by atoms with E-state index in [4.69, 9.17) is 4.74 Å². The molecule has 0 saturated carbocycles. The number of likely N-dealkylation sites (N-methyl/N-ethyl adjacent to an activating group) is 1. The smallest absolute Gasteiger partial charge is 0.249 e. The van der Waals surface area contributed by atoms with Crippen molar-refractivity contribution < 1.29 is 14.3 Å². The molecule has 1 aromatic carbocycles. The van der Waals surface area contributed by atoms with Crippen LogP contribution in [-0.4, -0.2) is 54.5 Å². The molecule has 2 saturated heterocycles. The maximum Gasteiger partial charge on any atom is 0.249 e. The number of nitrogens with zero attached hydrogens (tertiary/aromatic N) is 2. The summed E-state index contributed by atoms with van der Waals surface area (Å²) < 4.78 is 5.95. The van der Waals surface area contributed by atoms with Gasteiger partial charge < -0.3 is 14.5 Å². The first-order valence-corrected chi connectivity index (χ1v) is 9.30. The summed E-state index contributed by atoms with van der Waals surface area (Å²) in [6.07, 6.45) is 3.88. The molecule has 5 nitrogen and oxygen atoms in total. The molecule has 140 valence electrons. The van der Waals surface area contributed by atoms with Gasteiger partial charge in [0.05, 0.1) is 5.54 Å². The minimum Gasteiger partial charge on any atom is -0.364 e. The third-order valence-electron chi connectivity index (χ3n) is 5.60. The zero-order chi connectivity index (χ0) is 18.7. The van der Waals surface area contributed by atoms with Crippen LogP contribution in [0.15, 0.2) is 42.0 Å². The van der Waals surface area contributed by atoms with Crippen LogP contribution in [0.5, 0.6) is 0 Å². The first kappa shape index (κ1) is 18.6. The van der Waals surface area contributed by atoms with Crippen LogP contribution in [0.3, 0.4) is 0 Å². The fourth-order valence-corrected chi connectivity index (χ4v) is 4.09. The molecule has 0 spiro atoms. The molecule has 2 aliphatic heterocycles. The van der Waals surface area contributed by atoms with Crippen molar-refractivity contribution in [2.24, 2.45) is 0 Å². The van der Waals surface area contributed by atoms with Crippen molar-refractivity contribution in [3.8, 4) is 0 Å². The van der Waals surface area contributed by atoms with Gasteiger partial charge in [0.1, 0.15) is 12.7 Å². The molecule has 1 aromatic rings. The van der Waals surface area contributed by atoms with Crippen LogP contribution in [0.2, 0.25) is 0 Å². The number of hydrogen-bond donors (Lipinski definition) is 0. The summed E-state index contributed by atoms with van der Waals surface area (Å²) in [7, 11) is 1.86. The zero-order valence-corrected chi connectivity index (χ0v) is 15.9. The molecular weight excluding hydrogens is 328 g/mol. The van der Waals surface area contributed by atoms with E-state index >= 15 is 0 Å². The highest BCUT2D eigenvalue weighted by Crippen LogP contribution is 2.42. The maximum absolute atomic E-state index is 12.6. The lowest BCUT2D eigenvalue weighted by Crippen LogP contribution is -2.67. The number of rotatable bonds is 4. The van der Waals surface area contributed by atoms with Crippen molar-refractivity contribution in [2.45, 2.75) is 44.8 Å². The van der Waals surface area contributed by atoms with Crippen LogP contribution in [0.4, 0.5) is 0 Å². The number of carbonyl (C=O) groups is 2. The molecule has 3 rings (SSSR count). The van der Waals surface area contributed by atoms with Gasteiger partial charge in [-0.2, -0.15) is 0 Å². The second kappa shape index (κ2) is 7.62. The third kappa shape index (κ3) is 3.40. The number of ether oxygens (including phenoxy) is 1. The van der Waals surface area contributed by atoms with E-state index in [0.29, 0.717) is 25.9 Å². The monoisotopic (exact) mass is 356 g/mol. The molecule has 26 heavy (non-hydrogen) atoms. The Morgan fingerprint density at radius 3 is 2.73 bits per heavy atom. The lowest BCUT2D eigenvalue weighted by atomic mass is 9.76. The highest BCUT2D eigenvalue weighted by Gasteiger charge is 2.53. The Morgan fingerprint density at radius 2 is 2.04 bits per heavy atom. The van der Waals surface area contributed by atoms with E-state index < -0.39 is 5.54 Å². The molecule has 0 bridgehead atoms. The highest BCUT2D eigenvalue weighted by atomic mass is 16.5. The average molecular weight is 356 g/mol. The van der Waals surface area contributed by atoms with E-state index in [1.807, 2.05) is 48.9 Å². The van der Waals surface area contributed by atoms with Gasteiger partial charge in [-0.1, -0.05) is 42.0 Å². The first-order chi connectivity index (χ1) is 12.4. The summed E-state index contributed by atoms with van der Waals surface area (Å²) >= 11 is 0. The van der Waals surface area contributed by atoms with Crippen LogP contribution < -0.4 is 0 Å². The summed E-state index contributed by atoms with van der Waals surface area (Å²) in [5.74, 6) is 0.153. The van der Waals surface area contributed by atoms with Crippen molar-refractivity contribution in [1.82, 2.24) is 9.80 Å². The van der Waals surface area contributed by atoms with Gasteiger partial charge >= 0.3 is 0 Å². The van der Waals surface area contributed by atoms with Crippen molar-refractivity contribution >= 4 is 11.8 Å². The number of likely N-dealkylation sites (tertiary alicyclic amines) is 1. The molecule has 2 fully saturated rings. The average Bonchev–Trinajstić information content (AvgIpc) is 2.65. The van der Waals surface area contributed by atoms with Crippen LogP contribution in [0, 0.1) is 0 Å². The first-order valence-electron chi connectivity index (χ1n) is 9.30. The standard InChI is InChI=1S/C21H28N2O3/c1-16(2)8-7-11-19(24)23-13-12-21(17-9-5-4-6-10-17)18(14-23)26-15-20(25)22(21)3/h4-6,8-10,18H,7,11-15H2,1-3H3/t18-,21+/m1/s1. The number of allylic oxidation sites excluding steroid dienone is 2. The maximum atomic E-state index is 12.6. The number of piperidine rings is 1. The second-order valence-corrected chi connectivity index (χ2v) is 7.45. The van der Waals surface area contributed by atoms with E-state index in [0.717, 1.165) is 12.0 Å². The van der Waals surface area contributed by atoms with Gasteiger partial charge in [0.2, 0.25) is 11.8 Å². The largest absolute Gasteiger partial charge is 0.364 e. The SMILES string of the molecule is CC(C)=CCCC(=O)N1CC[C@]2(c3ccccc3)[C@@H](C1)OCC(=O)N2C. The molecule has 0 unspecified atom stereocenters. The topological polar surface area (TPSA) is 49.9 Å². The van der Waals surface area contributed by atoms with Gasteiger partial charge in [0.15, 0.2) is 0 Å². The molecule has 2 heterocycles. The zero-order valence-electron chi connectivity index (χ0n) is 15.9. The van der Waals surface area contributed by atoms with Gasteiger partial charge in [-0.15, -0.1) is 0 Å². The predicted molar refractivity (Wildman–Crippen MR) is 100 cm³/mol. The Morgan fingerprint density at radius 1 is 1.31 bits per heavy atom. The number of benzene rings is 1. The van der Waals surface area contributed by atoms with Crippen LogP contribution >= 0.6 is 0 Å². The predicted octanol–water partition coefficient (Wildman–Crippen LogP) is 2.72. The van der Waals surface area contributed by atoms with Gasteiger partial charge in [-0.25, -0.2) is 0 Å². The van der Waals surface area contributed by atoms with Crippen LogP contribution in [0.1, 0.15) is 38.7 Å². The van der Waals surface area contributed by atoms with Crippen molar-refractivity contribution in [2.75, 3.05) is 26.7 Å². The molecule has 2 amide bonds. The Balaban J connectivity index is 1.80. The number of morpholine rings is 1. The van der Waals surface area contributed by atoms with Crippen molar-refractivity contribution in [1.29, 1.82) is 0 Å². The van der Waals surface area contributed by atoms with Gasteiger partial charge in [0, 0.05) is 26.6 Å². The van der Waals surface area contributed by atoms with Crippen LogP contribution in [0.25, 0.3) is 0 Å². The molecule has 0 aliphatic carbocycles. The quantitative estimate of drug-likeness (QED) is 0.780. The van der Waals surface area contributed by atoms with E-state index in [1.165, 1.54) is 5.57 Å². The number of fused-ring (bicyclic) bond motifs is 1. The van der Waals surface area contributed by atoms with Gasteiger partial charge in [0.25, 0.3) is 0 Å². The Labute approximate surface area is 155 Å². The molecular formula is C21H28N2O3. The summed E-state index contributed by atoms with van der Waals surface area (Å²) in [4.78, 5) is 28.7.